The first-order valence-corrected chi connectivity index (χ1v) is 5.36. The van der Waals surface area contributed by atoms with Gasteiger partial charge in [0.1, 0.15) is 0 Å². The minimum Gasteiger partial charge on any atom is -0.376 e. The molecule has 1 atom stereocenters. The lowest BCUT2D eigenvalue weighted by molar-refractivity contribution is 0.0956. The third kappa shape index (κ3) is 3.54. The highest BCUT2D eigenvalue weighted by molar-refractivity contribution is 5.77. The van der Waals surface area contributed by atoms with Crippen LogP contribution in [0.4, 0.5) is 0 Å². The quantitative estimate of drug-likeness (QED) is 0.539. The Labute approximate surface area is 86.1 Å². The van der Waals surface area contributed by atoms with Gasteiger partial charge in [-0.3, -0.25) is 4.99 Å². The second-order valence-corrected chi connectivity index (χ2v) is 3.76. The van der Waals surface area contributed by atoms with Crippen molar-refractivity contribution in [2.75, 3.05) is 26.7 Å². The van der Waals surface area contributed by atoms with E-state index in [0.717, 1.165) is 32.5 Å². The van der Waals surface area contributed by atoms with E-state index in [2.05, 4.69) is 11.9 Å². The summed E-state index contributed by atoms with van der Waals surface area (Å²) in [5.74, 6) is 0.627. The van der Waals surface area contributed by atoms with Crippen LogP contribution in [-0.2, 0) is 4.74 Å². The number of hydrogen-bond acceptors (Lipinski definition) is 2. The van der Waals surface area contributed by atoms with E-state index in [1.54, 1.807) is 0 Å². The first-order valence-electron chi connectivity index (χ1n) is 5.36. The van der Waals surface area contributed by atoms with Gasteiger partial charge in [0.05, 0.1) is 6.10 Å². The maximum atomic E-state index is 5.80. The van der Waals surface area contributed by atoms with Crippen molar-refractivity contribution in [2.45, 2.75) is 32.3 Å². The number of aliphatic imine (C=N–C) groups is 1. The van der Waals surface area contributed by atoms with Gasteiger partial charge in [0.2, 0.25) is 0 Å². The van der Waals surface area contributed by atoms with E-state index in [1.807, 2.05) is 11.9 Å². The Hall–Kier alpha value is -0.770. The van der Waals surface area contributed by atoms with E-state index < -0.39 is 0 Å². The van der Waals surface area contributed by atoms with E-state index >= 15 is 0 Å². The molecule has 0 aliphatic carbocycles. The summed E-state index contributed by atoms with van der Waals surface area (Å²) in [6.45, 7) is 4.65. The summed E-state index contributed by atoms with van der Waals surface area (Å²) in [5, 5.41) is 0. The van der Waals surface area contributed by atoms with Gasteiger partial charge in [0, 0.05) is 26.7 Å². The summed E-state index contributed by atoms with van der Waals surface area (Å²) >= 11 is 0. The van der Waals surface area contributed by atoms with Gasteiger partial charge >= 0.3 is 0 Å². The molecule has 0 saturated carbocycles. The van der Waals surface area contributed by atoms with Crippen LogP contribution in [0.5, 0.6) is 0 Å². The van der Waals surface area contributed by atoms with Crippen LogP contribution in [0.2, 0.25) is 0 Å². The maximum absolute atomic E-state index is 5.80. The third-order valence-corrected chi connectivity index (χ3v) is 2.39. The highest BCUT2D eigenvalue weighted by Crippen LogP contribution is 2.12. The SMILES string of the molecule is CCCN=C(N)N(C)CC1CCCO1. The molecule has 4 nitrogen and oxygen atoms in total. The van der Waals surface area contributed by atoms with E-state index in [9.17, 15) is 0 Å². The van der Waals surface area contributed by atoms with Crippen LogP contribution in [-0.4, -0.2) is 43.7 Å². The molecule has 0 amide bonds. The summed E-state index contributed by atoms with van der Waals surface area (Å²) in [4.78, 5) is 6.23. The standard InChI is InChI=1S/C10H21N3O/c1-3-6-12-10(11)13(2)8-9-5-4-7-14-9/h9H,3-8H2,1-2H3,(H2,11,12). The monoisotopic (exact) mass is 199 g/mol. The molecule has 0 spiro atoms. The van der Waals surface area contributed by atoms with Gasteiger partial charge in [0.15, 0.2) is 5.96 Å². The van der Waals surface area contributed by atoms with Crippen LogP contribution in [0.1, 0.15) is 26.2 Å². The van der Waals surface area contributed by atoms with Crippen molar-refractivity contribution in [2.24, 2.45) is 10.7 Å². The van der Waals surface area contributed by atoms with Crippen molar-refractivity contribution < 1.29 is 4.74 Å². The summed E-state index contributed by atoms with van der Waals surface area (Å²) in [5.41, 5.74) is 5.80. The Kier molecular flexibility index (Phi) is 4.73. The summed E-state index contributed by atoms with van der Waals surface area (Å²) in [6.07, 6.45) is 3.69. The molecule has 4 heteroatoms. The molecule has 1 aliphatic rings. The van der Waals surface area contributed by atoms with Crippen molar-refractivity contribution in [3.63, 3.8) is 0 Å². The minimum atomic E-state index is 0.343. The topological polar surface area (TPSA) is 50.8 Å². The largest absolute Gasteiger partial charge is 0.376 e. The van der Waals surface area contributed by atoms with Gasteiger partial charge < -0.3 is 15.4 Å². The average Bonchev–Trinajstić information content (AvgIpc) is 2.66. The predicted octanol–water partition coefficient (Wildman–Crippen LogP) is 0.822. The van der Waals surface area contributed by atoms with Gasteiger partial charge in [0.25, 0.3) is 0 Å². The maximum Gasteiger partial charge on any atom is 0.191 e. The van der Waals surface area contributed by atoms with Crippen LogP contribution in [0, 0.1) is 0 Å². The fourth-order valence-electron chi connectivity index (χ4n) is 1.53. The Morgan fingerprint density at radius 3 is 3.00 bits per heavy atom. The fraction of sp³-hybridized carbons (Fsp3) is 0.900. The van der Waals surface area contributed by atoms with Crippen molar-refractivity contribution in [1.29, 1.82) is 0 Å². The zero-order chi connectivity index (χ0) is 10.4. The lowest BCUT2D eigenvalue weighted by Crippen LogP contribution is -2.39. The predicted molar refractivity (Wildman–Crippen MR) is 58.4 cm³/mol. The Morgan fingerprint density at radius 1 is 1.64 bits per heavy atom. The number of hydrogen-bond donors (Lipinski definition) is 1. The highest BCUT2D eigenvalue weighted by atomic mass is 16.5. The smallest absolute Gasteiger partial charge is 0.191 e. The lowest BCUT2D eigenvalue weighted by Gasteiger charge is -2.21. The molecule has 1 saturated heterocycles. The molecule has 0 radical (unpaired) electrons. The lowest BCUT2D eigenvalue weighted by atomic mass is 10.2. The normalized spacial score (nSPS) is 22.7. The van der Waals surface area contributed by atoms with Crippen LogP contribution < -0.4 is 5.73 Å². The summed E-state index contributed by atoms with van der Waals surface area (Å²) < 4.78 is 5.53. The first kappa shape index (κ1) is 11.3. The van der Waals surface area contributed by atoms with Gasteiger partial charge in [-0.1, -0.05) is 6.92 Å². The molecule has 1 fully saturated rings. The summed E-state index contributed by atoms with van der Waals surface area (Å²) in [7, 11) is 1.97. The fourth-order valence-corrected chi connectivity index (χ4v) is 1.53. The van der Waals surface area contributed by atoms with E-state index in [1.165, 1.54) is 6.42 Å². The molecule has 0 aromatic carbocycles. The van der Waals surface area contributed by atoms with Crippen LogP contribution >= 0.6 is 0 Å². The minimum absolute atomic E-state index is 0.343. The van der Waals surface area contributed by atoms with Crippen LogP contribution in [0.3, 0.4) is 0 Å². The molecule has 1 unspecified atom stereocenters. The van der Waals surface area contributed by atoms with E-state index in [0.29, 0.717) is 12.1 Å². The zero-order valence-corrected chi connectivity index (χ0v) is 9.20. The van der Waals surface area contributed by atoms with Crippen molar-refractivity contribution in [1.82, 2.24) is 4.90 Å². The Bertz CT molecular complexity index is 188. The van der Waals surface area contributed by atoms with Gasteiger partial charge in [-0.25, -0.2) is 0 Å². The molecule has 82 valence electrons. The van der Waals surface area contributed by atoms with E-state index in [-0.39, 0.29) is 0 Å². The molecule has 0 aromatic heterocycles. The van der Waals surface area contributed by atoms with Gasteiger partial charge in [-0.15, -0.1) is 0 Å². The Balaban J connectivity index is 2.28. The molecule has 2 N–H and O–H groups in total. The third-order valence-electron chi connectivity index (χ3n) is 2.39. The van der Waals surface area contributed by atoms with E-state index in [4.69, 9.17) is 10.5 Å². The number of guanidine groups is 1. The number of nitrogens with two attached hydrogens (primary N) is 1. The van der Waals surface area contributed by atoms with Gasteiger partial charge in [-0.2, -0.15) is 0 Å². The molecule has 14 heavy (non-hydrogen) atoms. The molecule has 1 aliphatic heterocycles. The van der Waals surface area contributed by atoms with Crippen molar-refractivity contribution in [3.8, 4) is 0 Å². The van der Waals surface area contributed by atoms with Crippen molar-refractivity contribution in [3.05, 3.63) is 0 Å². The molecule has 0 bridgehead atoms. The Morgan fingerprint density at radius 2 is 2.43 bits per heavy atom. The van der Waals surface area contributed by atoms with Gasteiger partial charge in [-0.05, 0) is 19.3 Å². The molecule has 0 aromatic rings. The number of nitrogens with zero attached hydrogens (tertiary/aromatic N) is 2. The molecular weight excluding hydrogens is 178 g/mol. The number of ether oxygens (including phenoxy) is 1. The summed E-state index contributed by atoms with van der Waals surface area (Å²) in [6, 6.07) is 0. The highest BCUT2D eigenvalue weighted by Gasteiger charge is 2.17. The molecule has 1 heterocycles. The van der Waals surface area contributed by atoms with Crippen molar-refractivity contribution >= 4 is 5.96 Å². The molecular formula is C10H21N3O. The zero-order valence-electron chi connectivity index (χ0n) is 9.20. The first-order chi connectivity index (χ1) is 6.74. The van der Waals surface area contributed by atoms with Crippen LogP contribution in [0.25, 0.3) is 0 Å². The second-order valence-electron chi connectivity index (χ2n) is 3.76. The average molecular weight is 199 g/mol. The van der Waals surface area contributed by atoms with Crippen LogP contribution in [0.15, 0.2) is 4.99 Å². The number of likely N-dealkylation sites (N-methyl/N-ethyl adjacent to an activating group) is 1. The second kappa shape index (κ2) is 5.86. The molecule has 1 rings (SSSR count). The number of rotatable bonds is 4.